The monoisotopic (exact) mass is 325 g/mol. The van der Waals surface area contributed by atoms with Crippen LogP contribution in [0.15, 0.2) is 40.2 Å². The number of benzene rings is 1. The molecule has 0 unspecified atom stereocenters. The maximum Gasteiger partial charge on any atom is 0.336 e. The molecule has 0 saturated heterocycles. The van der Waals surface area contributed by atoms with Crippen molar-refractivity contribution in [1.29, 1.82) is 0 Å². The van der Waals surface area contributed by atoms with E-state index in [0.29, 0.717) is 12.1 Å². The van der Waals surface area contributed by atoms with Gasteiger partial charge in [-0.25, -0.2) is 4.79 Å². The summed E-state index contributed by atoms with van der Waals surface area (Å²) in [6, 6.07) is 9.80. The second-order valence-electron chi connectivity index (χ2n) is 3.84. The molecule has 0 aliphatic rings. The van der Waals surface area contributed by atoms with Crippen molar-refractivity contribution in [3.8, 4) is 0 Å². The van der Waals surface area contributed by atoms with Crippen LogP contribution in [0, 0.1) is 0 Å². The molecule has 2 N–H and O–H groups in total. The molecule has 5 heteroatoms. The molecule has 0 radical (unpaired) electrons. The molecule has 0 bridgehead atoms. The molecule has 0 fully saturated rings. The Bertz CT molecular complexity index is 553. The molecule has 2 aromatic rings. The number of carbonyl (C=O) groups is 1. The van der Waals surface area contributed by atoms with E-state index in [9.17, 15) is 4.79 Å². The Morgan fingerprint density at radius 1 is 1.33 bits per heavy atom. The normalized spacial score (nSPS) is 10.5. The molecule has 0 saturated carbocycles. The molecule has 0 atom stereocenters. The zero-order valence-corrected chi connectivity index (χ0v) is 11.9. The molecule has 1 aromatic carbocycles. The van der Waals surface area contributed by atoms with Crippen molar-refractivity contribution < 1.29 is 9.90 Å². The second-order valence-corrected chi connectivity index (χ2v) is 5.75. The van der Waals surface area contributed by atoms with E-state index in [2.05, 4.69) is 33.4 Å². The Hall–Kier alpha value is -1.17. The van der Waals surface area contributed by atoms with Crippen LogP contribution in [0.25, 0.3) is 0 Å². The number of thiophene rings is 1. The molecule has 2 rings (SSSR count). The van der Waals surface area contributed by atoms with Gasteiger partial charge in [0.25, 0.3) is 0 Å². The molecular weight excluding hydrogens is 314 g/mol. The molecule has 0 aliphatic heterocycles. The van der Waals surface area contributed by atoms with Crippen molar-refractivity contribution in [2.24, 2.45) is 0 Å². The van der Waals surface area contributed by atoms with Gasteiger partial charge in [-0.3, -0.25) is 0 Å². The topological polar surface area (TPSA) is 49.3 Å². The predicted molar refractivity (Wildman–Crippen MR) is 76.0 cm³/mol. The van der Waals surface area contributed by atoms with Crippen LogP contribution in [0.5, 0.6) is 0 Å². The highest BCUT2D eigenvalue weighted by Crippen LogP contribution is 2.15. The Morgan fingerprint density at radius 2 is 2.17 bits per heavy atom. The van der Waals surface area contributed by atoms with Crippen molar-refractivity contribution in [2.45, 2.75) is 13.1 Å². The largest absolute Gasteiger partial charge is 0.478 e. The Balaban J connectivity index is 1.86. The number of hydrogen-bond acceptors (Lipinski definition) is 3. The standard InChI is InChI=1S/C13H12BrNO2S/c14-11-3-1-2-9(4-11)6-15-7-12-5-10(8-18-12)13(16)17/h1-5,8,15H,6-7H2,(H,16,17). The van der Waals surface area contributed by atoms with Crippen LogP contribution in [0.1, 0.15) is 20.8 Å². The van der Waals surface area contributed by atoms with E-state index in [0.717, 1.165) is 15.9 Å². The molecule has 18 heavy (non-hydrogen) atoms. The fraction of sp³-hybridized carbons (Fsp3) is 0.154. The van der Waals surface area contributed by atoms with Crippen LogP contribution in [-0.2, 0) is 13.1 Å². The summed E-state index contributed by atoms with van der Waals surface area (Å²) in [5, 5.41) is 13.8. The van der Waals surface area contributed by atoms with Gasteiger partial charge in [0.05, 0.1) is 5.56 Å². The number of halogens is 1. The first kappa shape index (κ1) is 13.3. The fourth-order valence-electron chi connectivity index (χ4n) is 1.56. The number of aromatic carboxylic acids is 1. The van der Waals surface area contributed by atoms with Gasteiger partial charge in [-0.05, 0) is 23.8 Å². The average Bonchev–Trinajstić information content (AvgIpc) is 2.78. The molecule has 3 nitrogen and oxygen atoms in total. The number of rotatable bonds is 5. The van der Waals surface area contributed by atoms with E-state index >= 15 is 0 Å². The first-order chi connectivity index (χ1) is 8.65. The lowest BCUT2D eigenvalue weighted by atomic mass is 10.2. The van der Waals surface area contributed by atoms with Gasteiger partial charge in [-0.1, -0.05) is 28.1 Å². The molecule has 0 amide bonds. The summed E-state index contributed by atoms with van der Waals surface area (Å²) in [5.41, 5.74) is 1.55. The molecule has 94 valence electrons. The van der Waals surface area contributed by atoms with Crippen LogP contribution in [0.4, 0.5) is 0 Å². The SMILES string of the molecule is O=C(O)c1csc(CNCc2cccc(Br)c2)c1. The van der Waals surface area contributed by atoms with Gasteiger partial charge in [0.1, 0.15) is 0 Å². The highest BCUT2D eigenvalue weighted by atomic mass is 79.9. The van der Waals surface area contributed by atoms with E-state index in [1.807, 2.05) is 12.1 Å². The van der Waals surface area contributed by atoms with Gasteiger partial charge in [-0.2, -0.15) is 0 Å². The van der Waals surface area contributed by atoms with Crippen LogP contribution in [0.3, 0.4) is 0 Å². The minimum atomic E-state index is -0.871. The van der Waals surface area contributed by atoms with E-state index in [1.165, 1.54) is 16.9 Å². The fourth-order valence-corrected chi connectivity index (χ4v) is 2.84. The maximum atomic E-state index is 10.7. The quantitative estimate of drug-likeness (QED) is 0.884. The first-order valence-electron chi connectivity index (χ1n) is 5.41. The van der Waals surface area contributed by atoms with E-state index in [1.54, 1.807) is 11.4 Å². The van der Waals surface area contributed by atoms with E-state index < -0.39 is 5.97 Å². The van der Waals surface area contributed by atoms with Crippen LogP contribution < -0.4 is 5.32 Å². The minimum absolute atomic E-state index is 0.360. The lowest BCUT2D eigenvalue weighted by Gasteiger charge is -2.03. The molecule has 1 heterocycles. The number of nitrogens with one attached hydrogen (secondary N) is 1. The van der Waals surface area contributed by atoms with Crippen LogP contribution in [-0.4, -0.2) is 11.1 Å². The third-order valence-electron chi connectivity index (χ3n) is 2.42. The smallest absolute Gasteiger partial charge is 0.336 e. The summed E-state index contributed by atoms with van der Waals surface area (Å²) in [6.07, 6.45) is 0. The molecule has 1 aromatic heterocycles. The predicted octanol–water partition coefficient (Wildman–Crippen LogP) is 3.50. The summed E-state index contributed by atoms with van der Waals surface area (Å²) in [7, 11) is 0. The van der Waals surface area contributed by atoms with Gasteiger partial charge in [0.15, 0.2) is 0 Å². The first-order valence-corrected chi connectivity index (χ1v) is 7.08. The summed E-state index contributed by atoms with van der Waals surface area (Å²) in [4.78, 5) is 11.8. The maximum absolute atomic E-state index is 10.7. The number of carboxylic acids is 1. The van der Waals surface area contributed by atoms with Gasteiger partial charge >= 0.3 is 5.97 Å². The number of hydrogen-bond donors (Lipinski definition) is 2. The third kappa shape index (κ3) is 3.66. The van der Waals surface area contributed by atoms with Crippen molar-refractivity contribution in [1.82, 2.24) is 5.32 Å². The summed E-state index contributed by atoms with van der Waals surface area (Å²) in [6.45, 7) is 1.45. The zero-order valence-electron chi connectivity index (χ0n) is 9.52. The lowest BCUT2D eigenvalue weighted by molar-refractivity contribution is 0.0697. The summed E-state index contributed by atoms with van der Waals surface area (Å²) >= 11 is 4.89. The Morgan fingerprint density at radius 3 is 2.83 bits per heavy atom. The average molecular weight is 326 g/mol. The Labute approximate surface area is 118 Å². The third-order valence-corrected chi connectivity index (χ3v) is 3.85. The van der Waals surface area contributed by atoms with Crippen molar-refractivity contribution in [3.05, 3.63) is 56.2 Å². The van der Waals surface area contributed by atoms with Crippen molar-refractivity contribution in [3.63, 3.8) is 0 Å². The molecular formula is C13H12BrNO2S. The van der Waals surface area contributed by atoms with Crippen molar-refractivity contribution >= 4 is 33.2 Å². The minimum Gasteiger partial charge on any atom is -0.478 e. The highest BCUT2D eigenvalue weighted by Gasteiger charge is 2.05. The van der Waals surface area contributed by atoms with E-state index in [4.69, 9.17) is 5.11 Å². The summed E-state index contributed by atoms with van der Waals surface area (Å²) in [5.74, 6) is -0.871. The molecule has 0 spiro atoms. The molecule has 0 aliphatic carbocycles. The highest BCUT2D eigenvalue weighted by molar-refractivity contribution is 9.10. The number of carboxylic acid groups (broad SMARTS) is 1. The second kappa shape index (κ2) is 6.13. The van der Waals surface area contributed by atoms with Crippen LogP contribution >= 0.6 is 27.3 Å². The van der Waals surface area contributed by atoms with Gasteiger partial charge < -0.3 is 10.4 Å². The van der Waals surface area contributed by atoms with Gasteiger partial charge in [-0.15, -0.1) is 11.3 Å². The van der Waals surface area contributed by atoms with E-state index in [-0.39, 0.29) is 0 Å². The van der Waals surface area contributed by atoms with Crippen LogP contribution in [0.2, 0.25) is 0 Å². The summed E-state index contributed by atoms with van der Waals surface area (Å²) < 4.78 is 1.06. The lowest BCUT2D eigenvalue weighted by Crippen LogP contribution is -2.11. The van der Waals surface area contributed by atoms with Crippen molar-refractivity contribution in [2.75, 3.05) is 0 Å². The Kier molecular flexibility index (Phi) is 4.52. The zero-order chi connectivity index (χ0) is 13.0. The van der Waals surface area contributed by atoms with Gasteiger partial charge in [0, 0.05) is 27.8 Å². The van der Waals surface area contributed by atoms with Gasteiger partial charge in [0.2, 0.25) is 0 Å².